The zero-order valence-electron chi connectivity index (χ0n) is 13.7. The maximum atomic E-state index is 4.83. The Hall–Kier alpha value is -1.84. The van der Waals surface area contributed by atoms with Crippen LogP contribution in [0.1, 0.15) is 39.5 Å². The number of anilines is 2. The van der Waals surface area contributed by atoms with Gasteiger partial charge in [0.25, 0.3) is 0 Å². The summed E-state index contributed by atoms with van der Waals surface area (Å²) in [5.41, 5.74) is 1.03. The molecule has 1 aromatic carbocycles. The van der Waals surface area contributed by atoms with Crippen molar-refractivity contribution in [2.24, 2.45) is 5.92 Å². The van der Waals surface area contributed by atoms with Crippen LogP contribution in [0.15, 0.2) is 24.3 Å². The lowest BCUT2D eigenvalue weighted by Crippen LogP contribution is -2.30. The van der Waals surface area contributed by atoms with Crippen molar-refractivity contribution in [3.63, 3.8) is 0 Å². The van der Waals surface area contributed by atoms with Crippen molar-refractivity contribution in [2.75, 3.05) is 29.9 Å². The molecule has 0 amide bonds. The van der Waals surface area contributed by atoms with Gasteiger partial charge in [0.1, 0.15) is 5.82 Å². The second-order valence-electron chi connectivity index (χ2n) is 6.54. The number of rotatable bonds is 5. The largest absolute Gasteiger partial charge is 0.356 e. The molecular formula is C18H26N4. The Balaban J connectivity index is 1.89. The molecule has 118 valence electrons. The lowest BCUT2D eigenvalue weighted by molar-refractivity contribution is 0.574. The van der Waals surface area contributed by atoms with E-state index in [1.54, 1.807) is 0 Å². The summed E-state index contributed by atoms with van der Waals surface area (Å²) < 4.78 is 0. The van der Waals surface area contributed by atoms with Crippen molar-refractivity contribution < 1.29 is 0 Å². The Morgan fingerprint density at radius 1 is 1.09 bits per heavy atom. The number of aromatic nitrogens is 2. The summed E-state index contributed by atoms with van der Waals surface area (Å²) in [6, 6.07) is 8.34. The molecule has 4 nitrogen and oxygen atoms in total. The van der Waals surface area contributed by atoms with Crippen LogP contribution in [0.5, 0.6) is 0 Å². The van der Waals surface area contributed by atoms with Crippen LogP contribution in [0.3, 0.4) is 0 Å². The maximum Gasteiger partial charge on any atom is 0.225 e. The molecule has 1 saturated heterocycles. The lowest BCUT2D eigenvalue weighted by Gasteiger charge is -2.29. The van der Waals surface area contributed by atoms with E-state index in [9.17, 15) is 0 Å². The average Bonchev–Trinajstić information content (AvgIpc) is 2.54. The van der Waals surface area contributed by atoms with E-state index in [0.717, 1.165) is 43.3 Å². The quantitative estimate of drug-likeness (QED) is 0.903. The fourth-order valence-electron chi connectivity index (χ4n) is 2.96. The number of piperidine rings is 1. The van der Waals surface area contributed by atoms with Gasteiger partial charge in [0.15, 0.2) is 0 Å². The van der Waals surface area contributed by atoms with Gasteiger partial charge in [-0.25, -0.2) is 4.98 Å². The average molecular weight is 298 g/mol. The molecular weight excluding hydrogens is 272 g/mol. The highest BCUT2D eigenvalue weighted by molar-refractivity contribution is 5.90. The molecule has 0 saturated carbocycles. The Labute approximate surface area is 133 Å². The maximum absolute atomic E-state index is 4.83. The lowest BCUT2D eigenvalue weighted by atomic mass is 10.1. The summed E-state index contributed by atoms with van der Waals surface area (Å²) >= 11 is 0. The molecule has 22 heavy (non-hydrogen) atoms. The van der Waals surface area contributed by atoms with Gasteiger partial charge in [-0.15, -0.1) is 0 Å². The summed E-state index contributed by atoms with van der Waals surface area (Å²) in [6.45, 7) is 7.61. The van der Waals surface area contributed by atoms with Crippen LogP contribution in [0.4, 0.5) is 11.8 Å². The predicted molar refractivity (Wildman–Crippen MR) is 93.5 cm³/mol. The van der Waals surface area contributed by atoms with Crippen LogP contribution >= 0.6 is 0 Å². The second kappa shape index (κ2) is 6.95. The van der Waals surface area contributed by atoms with Gasteiger partial charge in [0.2, 0.25) is 5.95 Å². The highest BCUT2D eigenvalue weighted by atomic mass is 15.2. The number of fused-ring (bicyclic) bond motifs is 1. The van der Waals surface area contributed by atoms with E-state index in [2.05, 4.69) is 47.2 Å². The van der Waals surface area contributed by atoms with E-state index in [1.165, 1.54) is 24.6 Å². The van der Waals surface area contributed by atoms with Crippen molar-refractivity contribution in [2.45, 2.75) is 39.5 Å². The molecule has 0 unspecified atom stereocenters. The number of nitrogens with one attached hydrogen (secondary N) is 1. The molecule has 0 aliphatic carbocycles. The molecule has 4 heteroatoms. The van der Waals surface area contributed by atoms with Crippen molar-refractivity contribution >= 4 is 22.7 Å². The first-order valence-electron chi connectivity index (χ1n) is 8.49. The van der Waals surface area contributed by atoms with Crippen molar-refractivity contribution in [3.05, 3.63) is 24.3 Å². The Bertz CT molecular complexity index is 618. The van der Waals surface area contributed by atoms with Crippen LogP contribution in [0.2, 0.25) is 0 Å². The molecule has 1 N–H and O–H groups in total. The zero-order valence-corrected chi connectivity index (χ0v) is 13.7. The zero-order chi connectivity index (χ0) is 15.4. The van der Waals surface area contributed by atoms with Gasteiger partial charge in [0.05, 0.1) is 5.52 Å². The predicted octanol–water partition coefficient (Wildman–Crippen LogP) is 4.08. The minimum Gasteiger partial charge on any atom is -0.356 e. The summed E-state index contributed by atoms with van der Waals surface area (Å²) in [6.07, 6.45) is 4.98. The summed E-state index contributed by atoms with van der Waals surface area (Å²) in [5, 5.41) is 4.56. The van der Waals surface area contributed by atoms with E-state index in [4.69, 9.17) is 4.98 Å². The van der Waals surface area contributed by atoms with Crippen molar-refractivity contribution in [1.82, 2.24) is 9.97 Å². The second-order valence-corrected chi connectivity index (χ2v) is 6.54. The third kappa shape index (κ3) is 3.49. The molecule has 0 spiro atoms. The van der Waals surface area contributed by atoms with Crippen LogP contribution in [-0.4, -0.2) is 29.6 Å². The smallest absolute Gasteiger partial charge is 0.225 e. The Morgan fingerprint density at radius 2 is 1.86 bits per heavy atom. The SMILES string of the molecule is CC(C)CCNc1nc(N2CCCCC2)c2ccccc2n1. The highest BCUT2D eigenvalue weighted by Crippen LogP contribution is 2.27. The fourth-order valence-corrected chi connectivity index (χ4v) is 2.96. The van der Waals surface area contributed by atoms with Crippen LogP contribution in [-0.2, 0) is 0 Å². The van der Waals surface area contributed by atoms with E-state index in [0.29, 0.717) is 5.92 Å². The third-order valence-corrected chi connectivity index (χ3v) is 4.24. The van der Waals surface area contributed by atoms with E-state index in [1.807, 2.05) is 6.07 Å². The standard InChI is InChI=1S/C18H26N4/c1-14(2)10-11-19-18-20-16-9-5-4-8-15(16)17(21-18)22-12-6-3-7-13-22/h4-5,8-9,14H,3,6-7,10-13H2,1-2H3,(H,19,20,21). The van der Waals surface area contributed by atoms with Gasteiger partial charge in [0, 0.05) is 25.0 Å². The molecule has 3 rings (SSSR count). The topological polar surface area (TPSA) is 41.1 Å². The molecule has 2 aromatic rings. The minimum atomic E-state index is 0.689. The van der Waals surface area contributed by atoms with Crippen LogP contribution < -0.4 is 10.2 Å². The molecule has 0 radical (unpaired) electrons. The molecule has 0 bridgehead atoms. The Morgan fingerprint density at radius 3 is 2.64 bits per heavy atom. The molecule has 1 fully saturated rings. The van der Waals surface area contributed by atoms with Gasteiger partial charge in [-0.3, -0.25) is 0 Å². The van der Waals surface area contributed by atoms with Crippen LogP contribution in [0.25, 0.3) is 10.9 Å². The summed E-state index contributed by atoms with van der Waals surface area (Å²) in [7, 11) is 0. The summed E-state index contributed by atoms with van der Waals surface area (Å²) in [4.78, 5) is 11.9. The highest BCUT2D eigenvalue weighted by Gasteiger charge is 2.16. The molecule has 1 aromatic heterocycles. The third-order valence-electron chi connectivity index (χ3n) is 4.24. The number of hydrogen-bond acceptors (Lipinski definition) is 4. The number of benzene rings is 1. The van der Waals surface area contributed by atoms with Gasteiger partial charge in [-0.1, -0.05) is 26.0 Å². The van der Waals surface area contributed by atoms with Gasteiger partial charge < -0.3 is 10.2 Å². The number of nitrogens with zero attached hydrogens (tertiary/aromatic N) is 3. The monoisotopic (exact) mass is 298 g/mol. The van der Waals surface area contributed by atoms with Gasteiger partial charge >= 0.3 is 0 Å². The minimum absolute atomic E-state index is 0.689. The van der Waals surface area contributed by atoms with E-state index < -0.39 is 0 Å². The summed E-state index contributed by atoms with van der Waals surface area (Å²) in [5.74, 6) is 2.55. The van der Waals surface area contributed by atoms with E-state index >= 15 is 0 Å². The normalized spacial score (nSPS) is 15.5. The Kier molecular flexibility index (Phi) is 4.76. The molecule has 1 aliphatic heterocycles. The van der Waals surface area contributed by atoms with E-state index in [-0.39, 0.29) is 0 Å². The molecule has 0 atom stereocenters. The molecule has 2 heterocycles. The first-order chi connectivity index (χ1) is 10.7. The fraction of sp³-hybridized carbons (Fsp3) is 0.556. The van der Waals surface area contributed by atoms with Gasteiger partial charge in [-0.05, 0) is 43.7 Å². The van der Waals surface area contributed by atoms with Crippen molar-refractivity contribution in [3.8, 4) is 0 Å². The number of para-hydroxylation sites is 1. The van der Waals surface area contributed by atoms with Crippen LogP contribution in [0, 0.1) is 5.92 Å². The number of hydrogen-bond donors (Lipinski definition) is 1. The first kappa shape index (κ1) is 15.1. The van der Waals surface area contributed by atoms with Crippen molar-refractivity contribution in [1.29, 1.82) is 0 Å². The van der Waals surface area contributed by atoms with Gasteiger partial charge in [-0.2, -0.15) is 4.98 Å². The molecule has 1 aliphatic rings. The first-order valence-corrected chi connectivity index (χ1v) is 8.49.